The van der Waals surface area contributed by atoms with Gasteiger partial charge in [-0.15, -0.1) is 0 Å². The summed E-state index contributed by atoms with van der Waals surface area (Å²) in [5.41, 5.74) is 7.43. The summed E-state index contributed by atoms with van der Waals surface area (Å²) in [5, 5.41) is 0. The fraction of sp³-hybridized carbons (Fsp3) is 0.571. The Kier molecular flexibility index (Phi) is 3.29. The summed E-state index contributed by atoms with van der Waals surface area (Å²) in [6.45, 7) is 5.55. The monoisotopic (exact) mass is 234 g/mol. The van der Waals surface area contributed by atoms with Gasteiger partial charge in [0, 0.05) is 23.8 Å². The van der Waals surface area contributed by atoms with Gasteiger partial charge in [-0.3, -0.25) is 0 Å². The number of rotatable bonds is 2. The van der Waals surface area contributed by atoms with E-state index in [2.05, 4.69) is 30.9 Å². The summed E-state index contributed by atoms with van der Waals surface area (Å²) in [6.07, 6.45) is 2.11. The highest BCUT2D eigenvalue weighted by Crippen LogP contribution is 2.32. The minimum atomic E-state index is 0.131. The molecule has 1 fully saturated rings. The third-order valence-corrected chi connectivity index (χ3v) is 3.60. The number of piperidine rings is 1. The Morgan fingerprint density at radius 3 is 2.47 bits per heavy atom. The zero-order chi connectivity index (χ0) is 12.5. The van der Waals surface area contributed by atoms with Gasteiger partial charge >= 0.3 is 0 Å². The number of hydrogen-bond donors (Lipinski definition) is 1. The van der Waals surface area contributed by atoms with Gasteiger partial charge in [0.15, 0.2) is 0 Å². The lowest BCUT2D eigenvalue weighted by atomic mass is 9.87. The van der Waals surface area contributed by atoms with E-state index in [-0.39, 0.29) is 5.54 Å². The van der Waals surface area contributed by atoms with Crippen LogP contribution in [0.4, 0.5) is 5.69 Å². The first-order valence-electron chi connectivity index (χ1n) is 6.20. The lowest BCUT2D eigenvalue weighted by Gasteiger charge is -2.46. The van der Waals surface area contributed by atoms with Crippen molar-refractivity contribution in [3.8, 4) is 5.75 Å². The number of hydrogen-bond acceptors (Lipinski definition) is 3. The van der Waals surface area contributed by atoms with Crippen LogP contribution in [-0.2, 0) is 0 Å². The van der Waals surface area contributed by atoms with Crippen molar-refractivity contribution in [2.75, 3.05) is 18.6 Å². The Bertz CT molecular complexity index is 372. The van der Waals surface area contributed by atoms with Crippen molar-refractivity contribution in [3.63, 3.8) is 0 Å². The molecular weight excluding hydrogens is 212 g/mol. The van der Waals surface area contributed by atoms with Crippen LogP contribution in [0.15, 0.2) is 24.3 Å². The fourth-order valence-corrected chi connectivity index (χ4v) is 2.69. The molecule has 3 nitrogen and oxygen atoms in total. The Morgan fingerprint density at radius 2 is 1.94 bits per heavy atom. The van der Waals surface area contributed by atoms with Crippen LogP contribution in [0.2, 0.25) is 0 Å². The van der Waals surface area contributed by atoms with Gasteiger partial charge in [-0.25, -0.2) is 0 Å². The van der Waals surface area contributed by atoms with E-state index in [1.165, 1.54) is 5.69 Å². The lowest BCUT2D eigenvalue weighted by Crippen LogP contribution is -2.53. The maximum Gasteiger partial charge on any atom is 0.119 e. The zero-order valence-corrected chi connectivity index (χ0v) is 10.9. The van der Waals surface area contributed by atoms with E-state index in [9.17, 15) is 0 Å². The molecule has 1 aromatic rings. The largest absolute Gasteiger partial charge is 0.497 e. The molecule has 1 aliphatic rings. The van der Waals surface area contributed by atoms with Gasteiger partial charge in [0.05, 0.1) is 7.11 Å². The van der Waals surface area contributed by atoms with Gasteiger partial charge in [0.2, 0.25) is 0 Å². The minimum Gasteiger partial charge on any atom is -0.497 e. The summed E-state index contributed by atoms with van der Waals surface area (Å²) < 4.78 is 5.19. The van der Waals surface area contributed by atoms with Gasteiger partial charge in [-0.05, 0) is 51.0 Å². The van der Waals surface area contributed by atoms with Crippen LogP contribution in [0.1, 0.15) is 26.7 Å². The van der Waals surface area contributed by atoms with Crippen molar-refractivity contribution in [2.24, 2.45) is 5.73 Å². The molecule has 94 valence electrons. The van der Waals surface area contributed by atoms with Crippen LogP contribution in [-0.4, -0.2) is 25.2 Å². The second-order valence-electron chi connectivity index (χ2n) is 5.41. The number of anilines is 1. The van der Waals surface area contributed by atoms with Crippen molar-refractivity contribution in [1.29, 1.82) is 0 Å². The molecular formula is C14H22N2O. The molecule has 1 saturated heterocycles. The van der Waals surface area contributed by atoms with Crippen molar-refractivity contribution in [1.82, 2.24) is 0 Å². The fourth-order valence-electron chi connectivity index (χ4n) is 2.69. The molecule has 3 heteroatoms. The van der Waals surface area contributed by atoms with E-state index in [4.69, 9.17) is 10.5 Å². The Morgan fingerprint density at radius 1 is 1.29 bits per heavy atom. The van der Waals surface area contributed by atoms with E-state index in [1.807, 2.05) is 12.1 Å². The molecule has 1 heterocycles. The molecule has 1 unspecified atom stereocenters. The van der Waals surface area contributed by atoms with Gasteiger partial charge in [0.1, 0.15) is 5.75 Å². The molecule has 1 atom stereocenters. The zero-order valence-electron chi connectivity index (χ0n) is 10.9. The highest BCUT2D eigenvalue weighted by atomic mass is 16.5. The summed E-state index contributed by atoms with van der Waals surface area (Å²) in [4.78, 5) is 2.44. The van der Waals surface area contributed by atoms with Gasteiger partial charge in [0.25, 0.3) is 0 Å². The molecule has 1 aliphatic heterocycles. The van der Waals surface area contributed by atoms with Crippen LogP contribution in [0, 0.1) is 0 Å². The molecule has 17 heavy (non-hydrogen) atoms. The summed E-state index contributed by atoms with van der Waals surface area (Å²) >= 11 is 0. The van der Waals surface area contributed by atoms with Crippen LogP contribution in [0.25, 0.3) is 0 Å². The van der Waals surface area contributed by atoms with E-state index in [0.29, 0.717) is 6.04 Å². The molecule has 0 aromatic heterocycles. The average molecular weight is 234 g/mol. The molecule has 2 rings (SSSR count). The number of benzene rings is 1. The van der Waals surface area contributed by atoms with Crippen molar-refractivity contribution < 1.29 is 4.74 Å². The smallest absolute Gasteiger partial charge is 0.119 e. The Labute approximate surface area is 104 Å². The molecule has 0 saturated carbocycles. The first-order valence-corrected chi connectivity index (χ1v) is 6.20. The van der Waals surface area contributed by atoms with Gasteiger partial charge in [-0.1, -0.05) is 0 Å². The molecule has 0 amide bonds. The number of ether oxygens (including phenoxy) is 1. The predicted octanol–water partition coefficient (Wildman–Crippen LogP) is 2.40. The average Bonchev–Trinajstić information content (AvgIpc) is 2.28. The van der Waals surface area contributed by atoms with Crippen LogP contribution < -0.4 is 15.4 Å². The van der Waals surface area contributed by atoms with Crippen molar-refractivity contribution in [2.45, 2.75) is 38.3 Å². The van der Waals surface area contributed by atoms with Crippen LogP contribution in [0.5, 0.6) is 5.75 Å². The van der Waals surface area contributed by atoms with E-state index in [0.717, 1.165) is 25.1 Å². The molecule has 1 aromatic carbocycles. The standard InChI is InChI=1S/C14H22N2O/c1-14(2)10-11(15)8-9-16(14)12-4-6-13(17-3)7-5-12/h4-7,11H,8-10,15H2,1-3H3. The van der Waals surface area contributed by atoms with E-state index < -0.39 is 0 Å². The minimum absolute atomic E-state index is 0.131. The topological polar surface area (TPSA) is 38.5 Å². The molecule has 0 bridgehead atoms. The third kappa shape index (κ3) is 2.55. The Balaban J connectivity index is 2.20. The normalized spacial score (nSPS) is 23.5. The van der Waals surface area contributed by atoms with E-state index in [1.54, 1.807) is 7.11 Å². The third-order valence-electron chi connectivity index (χ3n) is 3.60. The highest BCUT2D eigenvalue weighted by molar-refractivity contribution is 5.51. The highest BCUT2D eigenvalue weighted by Gasteiger charge is 2.33. The molecule has 0 aliphatic carbocycles. The van der Waals surface area contributed by atoms with Gasteiger partial charge < -0.3 is 15.4 Å². The lowest BCUT2D eigenvalue weighted by molar-refractivity contribution is 0.327. The molecule has 0 radical (unpaired) electrons. The summed E-state index contributed by atoms with van der Waals surface area (Å²) in [7, 11) is 1.69. The quantitative estimate of drug-likeness (QED) is 0.854. The first kappa shape index (κ1) is 12.2. The molecule has 0 spiro atoms. The maximum absolute atomic E-state index is 6.05. The van der Waals surface area contributed by atoms with E-state index >= 15 is 0 Å². The predicted molar refractivity (Wildman–Crippen MR) is 71.6 cm³/mol. The van der Waals surface area contributed by atoms with Crippen LogP contribution >= 0.6 is 0 Å². The first-order chi connectivity index (χ1) is 8.03. The number of nitrogens with two attached hydrogens (primary N) is 1. The van der Waals surface area contributed by atoms with Gasteiger partial charge in [-0.2, -0.15) is 0 Å². The maximum atomic E-state index is 6.05. The second-order valence-corrected chi connectivity index (χ2v) is 5.41. The number of nitrogens with zero attached hydrogens (tertiary/aromatic N) is 1. The number of methoxy groups -OCH3 is 1. The van der Waals surface area contributed by atoms with Crippen molar-refractivity contribution >= 4 is 5.69 Å². The summed E-state index contributed by atoms with van der Waals surface area (Å²) in [5.74, 6) is 0.903. The van der Waals surface area contributed by atoms with Crippen LogP contribution in [0.3, 0.4) is 0 Å². The Hall–Kier alpha value is -1.22. The summed E-state index contributed by atoms with van der Waals surface area (Å²) in [6, 6.07) is 8.61. The second kappa shape index (κ2) is 4.57. The van der Waals surface area contributed by atoms with Crippen molar-refractivity contribution in [3.05, 3.63) is 24.3 Å². The molecule has 2 N–H and O–H groups in total. The SMILES string of the molecule is COc1ccc(N2CCC(N)CC2(C)C)cc1.